The van der Waals surface area contributed by atoms with E-state index < -0.39 is 0 Å². The fourth-order valence-electron chi connectivity index (χ4n) is 1.53. The van der Waals surface area contributed by atoms with Crippen LogP contribution in [0.3, 0.4) is 0 Å². The lowest BCUT2D eigenvalue weighted by atomic mass is 10.1. The number of H-pyrrole nitrogens is 1. The van der Waals surface area contributed by atoms with Crippen LogP contribution in [0.5, 0.6) is 0 Å². The molecule has 3 N–H and O–H groups in total. The number of rotatable bonds is 2. The molecule has 2 aromatic rings. The molecular weight excluding hydrogens is 205 g/mol. The standard InChI is InChI=1S/C12H14FN3/c1-7-5-9(3-4-10(7)13)11-6-15-12(16-11)8(2)14/h3-6,8H,14H2,1-2H3,(H,15,16)/t8-/m1/s1. The van der Waals surface area contributed by atoms with E-state index >= 15 is 0 Å². The molecule has 0 radical (unpaired) electrons. The van der Waals surface area contributed by atoms with Gasteiger partial charge in [-0.15, -0.1) is 0 Å². The van der Waals surface area contributed by atoms with Crippen molar-refractivity contribution in [3.63, 3.8) is 0 Å². The zero-order valence-corrected chi connectivity index (χ0v) is 9.29. The molecule has 2 rings (SSSR count). The normalized spacial score (nSPS) is 12.8. The molecule has 84 valence electrons. The van der Waals surface area contributed by atoms with E-state index in [2.05, 4.69) is 9.97 Å². The Hall–Kier alpha value is -1.68. The van der Waals surface area contributed by atoms with Crippen LogP contribution in [0.25, 0.3) is 11.3 Å². The van der Waals surface area contributed by atoms with Gasteiger partial charge < -0.3 is 10.7 Å². The Morgan fingerprint density at radius 2 is 2.19 bits per heavy atom. The van der Waals surface area contributed by atoms with Crippen LogP contribution in [0.4, 0.5) is 4.39 Å². The van der Waals surface area contributed by atoms with Crippen LogP contribution in [0.15, 0.2) is 24.4 Å². The maximum absolute atomic E-state index is 13.1. The molecule has 0 fully saturated rings. The topological polar surface area (TPSA) is 54.7 Å². The van der Waals surface area contributed by atoms with Gasteiger partial charge in [0.05, 0.1) is 17.9 Å². The lowest BCUT2D eigenvalue weighted by Gasteiger charge is -2.02. The zero-order valence-electron chi connectivity index (χ0n) is 9.29. The van der Waals surface area contributed by atoms with Gasteiger partial charge in [0.2, 0.25) is 0 Å². The molecule has 0 aliphatic heterocycles. The highest BCUT2D eigenvalue weighted by Crippen LogP contribution is 2.21. The monoisotopic (exact) mass is 219 g/mol. The van der Waals surface area contributed by atoms with E-state index in [1.807, 2.05) is 6.92 Å². The molecule has 1 aromatic carbocycles. The predicted octanol–water partition coefficient (Wildman–Crippen LogP) is 2.54. The molecule has 16 heavy (non-hydrogen) atoms. The minimum Gasteiger partial charge on any atom is -0.341 e. The summed E-state index contributed by atoms with van der Waals surface area (Å²) >= 11 is 0. The van der Waals surface area contributed by atoms with E-state index in [9.17, 15) is 4.39 Å². The number of nitrogens with one attached hydrogen (secondary N) is 1. The Morgan fingerprint density at radius 1 is 1.44 bits per heavy atom. The molecular formula is C12H14FN3. The van der Waals surface area contributed by atoms with Crippen LogP contribution in [-0.4, -0.2) is 9.97 Å². The first-order valence-corrected chi connectivity index (χ1v) is 5.15. The molecule has 0 saturated carbocycles. The van der Waals surface area contributed by atoms with Gasteiger partial charge in [-0.3, -0.25) is 0 Å². The number of halogens is 1. The minimum absolute atomic E-state index is 0.129. The number of hydrogen-bond acceptors (Lipinski definition) is 2. The van der Waals surface area contributed by atoms with Gasteiger partial charge in [-0.05, 0) is 37.6 Å². The van der Waals surface area contributed by atoms with Gasteiger partial charge in [0.25, 0.3) is 0 Å². The molecule has 3 nitrogen and oxygen atoms in total. The molecule has 4 heteroatoms. The molecule has 1 aromatic heterocycles. The lowest BCUT2D eigenvalue weighted by Crippen LogP contribution is -2.06. The molecule has 1 atom stereocenters. The van der Waals surface area contributed by atoms with Gasteiger partial charge >= 0.3 is 0 Å². The Bertz CT molecular complexity index is 503. The van der Waals surface area contributed by atoms with Gasteiger partial charge in [-0.2, -0.15) is 0 Å². The number of nitrogens with zero attached hydrogens (tertiary/aromatic N) is 1. The van der Waals surface area contributed by atoms with Crippen molar-refractivity contribution in [1.29, 1.82) is 0 Å². The van der Waals surface area contributed by atoms with Crippen molar-refractivity contribution in [2.45, 2.75) is 19.9 Å². The highest BCUT2D eigenvalue weighted by molar-refractivity contribution is 5.59. The third-order valence-corrected chi connectivity index (χ3v) is 2.50. The average molecular weight is 219 g/mol. The Balaban J connectivity index is 2.39. The van der Waals surface area contributed by atoms with Crippen molar-refractivity contribution in [2.24, 2.45) is 5.73 Å². The third kappa shape index (κ3) is 1.97. The average Bonchev–Trinajstić information content (AvgIpc) is 2.71. The summed E-state index contributed by atoms with van der Waals surface area (Å²) in [4.78, 5) is 7.29. The van der Waals surface area contributed by atoms with Crippen LogP contribution < -0.4 is 5.73 Å². The van der Waals surface area contributed by atoms with Crippen LogP contribution in [0.2, 0.25) is 0 Å². The van der Waals surface area contributed by atoms with Crippen LogP contribution in [-0.2, 0) is 0 Å². The first kappa shape index (κ1) is 10.8. The Labute approximate surface area is 93.5 Å². The quantitative estimate of drug-likeness (QED) is 0.815. The highest BCUT2D eigenvalue weighted by Gasteiger charge is 2.07. The molecule has 0 spiro atoms. The van der Waals surface area contributed by atoms with Gasteiger partial charge in [0, 0.05) is 5.56 Å². The maximum atomic E-state index is 13.1. The lowest BCUT2D eigenvalue weighted by molar-refractivity contribution is 0.619. The first-order valence-electron chi connectivity index (χ1n) is 5.15. The van der Waals surface area contributed by atoms with Gasteiger partial charge in [0.15, 0.2) is 0 Å². The molecule has 0 unspecified atom stereocenters. The van der Waals surface area contributed by atoms with Gasteiger partial charge in [0.1, 0.15) is 11.6 Å². The molecule has 0 amide bonds. The summed E-state index contributed by atoms with van der Waals surface area (Å²) in [5, 5.41) is 0. The molecule has 0 bridgehead atoms. The fourth-order valence-corrected chi connectivity index (χ4v) is 1.53. The molecule has 0 saturated heterocycles. The van der Waals surface area contributed by atoms with Crippen molar-refractivity contribution < 1.29 is 4.39 Å². The predicted molar refractivity (Wildman–Crippen MR) is 61.3 cm³/mol. The van der Waals surface area contributed by atoms with E-state index in [4.69, 9.17) is 5.73 Å². The fraction of sp³-hybridized carbons (Fsp3) is 0.250. The summed E-state index contributed by atoms with van der Waals surface area (Å²) in [7, 11) is 0. The van der Waals surface area contributed by atoms with Crippen molar-refractivity contribution in [3.05, 3.63) is 41.6 Å². The van der Waals surface area contributed by atoms with Crippen molar-refractivity contribution in [1.82, 2.24) is 9.97 Å². The highest BCUT2D eigenvalue weighted by atomic mass is 19.1. The number of nitrogens with two attached hydrogens (primary N) is 1. The van der Waals surface area contributed by atoms with Crippen LogP contribution >= 0.6 is 0 Å². The van der Waals surface area contributed by atoms with Gasteiger partial charge in [-0.25, -0.2) is 9.37 Å². The number of imidazole rings is 1. The van der Waals surface area contributed by atoms with Crippen LogP contribution in [0.1, 0.15) is 24.4 Å². The second-order valence-electron chi connectivity index (χ2n) is 3.93. The summed E-state index contributed by atoms with van der Waals surface area (Å²) < 4.78 is 13.1. The van der Waals surface area contributed by atoms with Crippen molar-refractivity contribution in [2.75, 3.05) is 0 Å². The number of aromatic amines is 1. The smallest absolute Gasteiger partial charge is 0.126 e. The van der Waals surface area contributed by atoms with E-state index in [1.54, 1.807) is 25.3 Å². The number of aromatic nitrogens is 2. The third-order valence-electron chi connectivity index (χ3n) is 2.50. The summed E-state index contributed by atoms with van der Waals surface area (Å²) in [5.74, 6) is 0.535. The Morgan fingerprint density at radius 3 is 2.75 bits per heavy atom. The van der Waals surface area contributed by atoms with Crippen molar-refractivity contribution in [3.8, 4) is 11.3 Å². The summed E-state index contributed by atoms with van der Waals surface area (Å²) in [6.45, 7) is 3.60. The van der Waals surface area contributed by atoms with Crippen molar-refractivity contribution >= 4 is 0 Å². The second-order valence-corrected chi connectivity index (χ2v) is 3.93. The Kier molecular flexibility index (Phi) is 2.75. The van der Waals surface area contributed by atoms with E-state index in [-0.39, 0.29) is 11.9 Å². The SMILES string of the molecule is Cc1cc(-c2cnc([C@@H](C)N)[nH]2)ccc1F. The summed E-state index contributed by atoms with van der Waals surface area (Å²) in [5.41, 5.74) is 8.10. The molecule has 1 heterocycles. The zero-order chi connectivity index (χ0) is 11.7. The maximum Gasteiger partial charge on any atom is 0.126 e. The van der Waals surface area contributed by atoms with Gasteiger partial charge in [-0.1, -0.05) is 0 Å². The molecule has 0 aliphatic carbocycles. The number of aryl methyl sites for hydroxylation is 1. The summed E-state index contributed by atoms with van der Waals surface area (Å²) in [6, 6.07) is 4.83. The first-order chi connectivity index (χ1) is 7.58. The van der Waals surface area contributed by atoms with Crippen LogP contribution in [0, 0.1) is 12.7 Å². The minimum atomic E-state index is -0.198. The number of hydrogen-bond donors (Lipinski definition) is 2. The largest absolute Gasteiger partial charge is 0.341 e. The second kappa shape index (κ2) is 4.06. The summed E-state index contributed by atoms with van der Waals surface area (Å²) in [6.07, 6.45) is 1.71. The van der Waals surface area contributed by atoms with E-state index in [0.717, 1.165) is 17.1 Å². The number of benzene rings is 1. The van der Waals surface area contributed by atoms with E-state index in [0.29, 0.717) is 5.56 Å². The van der Waals surface area contributed by atoms with E-state index in [1.165, 1.54) is 6.07 Å². The molecule has 0 aliphatic rings.